The summed E-state index contributed by atoms with van der Waals surface area (Å²) in [5, 5.41) is 14.1. The molecule has 5 rings (SSSR count). The van der Waals surface area contributed by atoms with Gasteiger partial charge in [-0.05, 0) is 90.6 Å². The van der Waals surface area contributed by atoms with E-state index in [0.717, 1.165) is 56.8 Å². The van der Waals surface area contributed by atoms with Crippen LogP contribution in [-0.2, 0) is 12.8 Å². The van der Waals surface area contributed by atoms with E-state index in [1.165, 1.54) is 28.7 Å². The predicted octanol–water partition coefficient (Wildman–Crippen LogP) is 4.64. The molecule has 3 aliphatic heterocycles. The second-order valence-corrected chi connectivity index (χ2v) is 10.0. The summed E-state index contributed by atoms with van der Waals surface area (Å²) in [6.45, 7) is 5.55. The molecule has 6 heteroatoms. The topological polar surface area (TPSA) is 63.2 Å². The SMILES string of the molecule is CC[C@@H]1CN2CCc3cc(OC)c(OC)cc3[C@@H]2C[C@H]1C[C@H]1NCCc2cc(O)c(OC)cc21. The molecule has 0 bridgehead atoms. The highest BCUT2D eigenvalue weighted by Crippen LogP contribution is 2.47. The van der Waals surface area contributed by atoms with Crippen LogP contribution in [0.15, 0.2) is 24.3 Å². The number of aromatic hydroxyl groups is 1. The van der Waals surface area contributed by atoms with Gasteiger partial charge in [-0.1, -0.05) is 13.3 Å². The number of benzene rings is 2. The second-order valence-electron chi connectivity index (χ2n) is 10.0. The first-order valence-electron chi connectivity index (χ1n) is 12.7. The number of nitrogens with one attached hydrogen (secondary N) is 1. The Labute approximate surface area is 203 Å². The van der Waals surface area contributed by atoms with Crippen LogP contribution in [0.3, 0.4) is 0 Å². The van der Waals surface area contributed by atoms with Crippen LogP contribution >= 0.6 is 0 Å². The van der Waals surface area contributed by atoms with Gasteiger partial charge in [-0.3, -0.25) is 4.90 Å². The van der Waals surface area contributed by atoms with Gasteiger partial charge in [0.15, 0.2) is 23.0 Å². The smallest absolute Gasteiger partial charge is 0.161 e. The number of methoxy groups -OCH3 is 3. The van der Waals surface area contributed by atoms with Crippen LogP contribution in [0.4, 0.5) is 0 Å². The number of piperidine rings is 1. The molecule has 1 fully saturated rings. The first-order valence-corrected chi connectivity index (χ1v) is 12.7. The Balaban J connectivity index is 1.43. The van der Waals surface area contributed by atoms with E-state index in [1.807, 2.05) is 12.1 Å². The second kappa shape index (κ2) is 9.67. The van der Waals surface area contributed by atoms with Gasteiger partial charge < -0.3 is 24.6 Å². The molecule has 3 heterocycles. The summed E-state index contributed by atoms with van der Waals surface area (Å²) in [5.74, 6) is 3.76. The number of hydrogen-bond donors (Lipinski definition) is 2. The minimum absolute atomic E-state index is 0.241. The van der Waals surface area contributed by atoms with E-state index in [4.69, 9.17) is 14.2 Å². The van der Waals surface area contributed by atoms with Crippen molar-refractivity contribution in [1.82, 2.24) is 10.2 Å². The van der Waals surface area contributed by atoms with Gasteiger partial charge in [-0.2, -0.15) is 0 Å². The summed E-state index contributed by atoms with van der Waals surface area (Å²) in [5.41, 5.74) is 5.34. The third-order valence-corrected chi connectivity index (χ3v) is 8.44. The highest BCUT2D eigenvalue weighted by atomic mass is 16.5. The van der Waals surface area contributed by atoms with Gasteiger partial charge in [0.05, 0.1) is 21.3 Å². The van der Waals surface area contributed by atoms with E-state index in [1.54, 1.807) is 21.3 Å². The zero-order valence-corrected chi connectivity index (χ0v) is 20.9. The van der Waals surface area contributed by atoms with Gasteiger partial charge in [-0.15, -0.1) is 0 Å². The van der Waals surface area contributed by atoms with Crippen molar-refractivity contribution in [2.75, 3.05) is 41.0 Å². The molecule has 2 aromatic carbocycles. The van der Waals surface area contributed by atoms with Crippen molar-refractivity contribution in [3.05, 3.63) is 46.5 Å². The number of hydrogen-bond acceptors (Lipinski definition) is 6. The number of ether oxygens (including phenoxy) is 3. The molecule has 4 atom stereocenters. The Morgan fingerprint density at radius 1 is 0.912 bits per heavy atom. The lowest BCUT2D eigenvalue weighted by molar-refractivity contribution is 0.0434. The Morgan fingerprint density at radius 3 is 2.35 bits per heavy atom. The van der Waals surface area contributed by atoms with Gasteiger partial charge in [0, 0.05) is 25.2 Å². The summed E-state index contributed by atoms with van der Waals surface area (Å²) >= 11 is 0. The van der Waals surface area contributed by atoms with Crippen LogP contribution in [0.2, 0.25) is 0 Å². The Morgan fingerprint density at radius 2 is 1.62 bits per heavy atom. The molecule has 2 N–H and O–H groups in total. The summed E-state index contributed by atoms with van der Waals surface area (Å²) < 4.78 is 16.7. The first kappa shape index (κ1) is 23.3. The van der Waals surface area contributed by atoms with Gasteiger partial charge >= 0.3 is 0 Å². The van der Waals surface area contributed by atoms with E-state index in [-0.39, 0.29) is 11.8 Å². The van der Waals surface area contributed by atoms with E-state index in [0.29, 0.717) is 23.6 Å². The average Bonchev–Trinajstić information content (AvgIpc) is 2.87. The fourth-order valence-electron chi connectivity index (χ4n) is 6.59. The Bertz CT molecular complexity index is 1040. The molecule has 0 spiro atoms. The monoisotopic (exact) mass is 466 g/mol. The van der Waals surface area contributed by atoms with Crippen LogP contribution in [0, 0.1) is 11.8 Å². The molecule has 0 unspecified atom stereocenters. The molecule has 184 valence electrons. The van der Waals surface area contributed by atoms with Crippen LogP contribution in [0.25, 0.3) is 0 Å². The number of rotatable bonds is 6. The van der Waals surface area contributed by atoms with Gasteiger partial charge in [-0.25, -0.2) is 0 Å². The molecule has 0 aliphatic carbocycles. The standard InChI is InChI=1S/C28H38N2O4/c1-5-17-16-30-9-7-19-13-27(33-3)28(34-4)15-22(19)24(30)11-20(17)10-23-21-14-26(32-2)25(31)12-18(21)6-8-29-23/h12-15,17,20,23-24,29,31H,5-11,16H2,1-4H3/t17-,20-,23-,24+/m1/s1. The van der Waals surface area contributed by atoms with Gasteiger partial charge in [0.2, 0.25) is 0 Å². The summed E-state index contributed by atoms with van der Waals surface area (Å²) in [7, 11) is 5.06. The third-order valence-electron chi connectivity index (χ3n) is 8.44. The maximum absolute atomic E-state index is 10.3. The molecule has 1 saturated heterocycles. The highest BCUT2D eigenvalue weighted by molar-refractivity contribution is 5.50. The molecule has 0 aromatic heterocycles. The molecule has 3 aliphatic rings. The van der Waals surface area contributed by atoms with Crippen molar-refractivity contribution in [1.29, 1.82) is 0 Å². The molecule has 34 heavy (non-hydrogen) atoms. The van der Waals surface area contributed by atoms with Crippen molar-refractivity contribution in [2.24, 2.45) is 11.8 Å². The van der Waals surface area contributed by atoms with Crippen molar-refractivity contribution < 1.29 is 19.3 Å². The fourth-order valence-corrected chi connectivity index (χ4v) is 6.59. The molecule has 2 aromatic rings. The van der Waals surface area contributed by atoms with Crippen LogP contribution in [0.5, 0.6) is 23.0 Å². The van der Waals surface area contributed by atoms with E-state index in [9.17, 15) is 5.11 Å². The number of phenols is 1. The van der Waals surface area contributed by atoms with Crippen LogP contribution in [-0.4, -0.2) is 51.0 Å². The summed E-state index contributed by atoms with van der Waals surface area (Å²) in [4.78, 5) is 2.70. The van der Waals surface area contributed by atoms with Gasteiger partial charge in [0.25, 0.3) is 0 Å². The molecular formula is C28H38N2O4. The predicted molar refractivity (Wildman–Crippen MR) is 133 cm³/mol. The quantitative estimate of drug-likeness (QED) is 0.647. The summed E-state index contributed by atoms with van der Waals surface area (Å²) in [6, 6.07) is 9.06. The lowest BCUT2D eigenvalue weighted by Gasteiger charge is -2.48. The van der Waals surface area contributed by atoms with Crippen LogP contribution < -0.4 is 19.5 Å². The van der Waals surface area contributed by atoms with Crippen LogP contribution in [0.1, 0.15) is 60.5 Å². The van der Waals surface area contributed by atoms with E-state index in [2.05, 4.69) is 29.3 Å². The largest absolute Gasteiger partial charge is 0.504 e. The Kier molecular flexibility index (Phi) is 6.63. The average molecular weight is 467 g/mol. The summed E-state index contributed by atoms with van der Waals surface area (Å²) in [6.07, 6.45) is 5.46. The van der Waals surface area contributed by atoms with Gasteiger partial charge in [0.1, 0.15) is 0 Å². The number of phenolic OH excluding ortho intramolecular Hbond substituents is 1. The zero-order chi connectivity index (χ0) is 23.8. The zero-order valence-electron chi connectivity index (χ0n) is 20.9. The Hall–Kier alpha value is -2.44. The highest BCUT2D eigenvalue weighted by Gasteiger charge is 2.40. The lowest BCUT2D eigenvalue weighted by Crippen LogP contribution is -2.46. The lowest BCUT2D eigenvalue weighted by atomic mass is 9.72. The molecular weight excluding hydrogens is 428 g/mol. The maximum atomic E-state index is 10.3. The molecule has 0 amide bonds. The van der Waals surface area contributed by atoms with Crippen molar-refractivity contribution >= 4 is 0 Å². The minimum atomic E-state index is 0.241. The maximum Gasteiger partial charge on any atom is 0.161 e. The van der Waals surface area contributed by atoms with E-state index >= 15 is 0 Å². The van der Waals surface area contributed by atoms with E-state index < -0.39 is 0 Å². The first-order chi connectivity index (χ1) is 16.6. The van der Waals surface area contributed by atoms with Crippen molar-refractivity contribution in [3.8, 4) is 23.0 Å². The number of nitrogens with zero attached hydrogens (tertiary/aromatic N) is 1. The van der Waals surface area contributed by atoms with Crippen molar-refractivity contribution in [2.45, 2.75) is 51.1 Å². The normalized spacial score (nSPS) is 26.2. The minimum Gasteiger partial charge on any atom is -0.504 e. The molecule has 0 radical (unpaired) electrons. The molecule has 0 saturated carbocycles. The molecule has 6 nitrogen and oxygen atoms in total. The fraction of sp³-hybridized carbons (Fsp3) is 0.571. The number of fused-ring (bicyclic) bond motifs is 4. The third kappa shape index (κ3) is 4.11. The van der Waals surface area contributed by atoms with Crippen molar-refractivity contribution in [3.63, 3.8) is 0 Å².